The largest absolute Gasteiger partial charge is 0.402 e. The first-order chi connectivity index (χ1) is 25.3. The molecule has 0 amide bonds. The highest BCUT2D eigenvalue weighted by molar-refractivity contribution is 7.90. The first-order valence-corrected chi connectivity index (χ1v) is 21.6. The van der Waals surface area contributed by atoms with Gasteiger partial charge in [-0.15, -0.1) is 0 Å². The lowest BCUT2D eigenvalue weighted by Crippen LogP contribution is -2.70. The van der Waals surface area contributed by atoms with Crippen molar-refractivity contribution in [3.63, 3.8) is 0 Å². The SMILES string of the molecule is Cc1ccc(S(=O)(=O)n2cc(-c3ncc(F)c(NC4C5CC(C5)C[C@@H]4O[Si](c4ccccc4)(c4ccccc4)C(C)(C)C)n3)c3cc(Cl)cnc32)cc1. The number of aryl methyl sites for hydroxylation is 1. The Morgan fingerprint density at radius 3 is 2.17 bits per heavy atom. The molecule has 3 heterocycles. The number of hydrogen-bond donors (Lipinski definition) is 1. The Hall–Kier alpha value is -4.42. The quantitative estimate of drug-likeness (QED) is 0.149. The Bertz CT molecular complexity index is 2360. The molecule has 272 valence electrons. The van der Waals surface area contributed by atoms with E-state index in [4.69, 9.17) is 21.0 Å². The number of benzene rings is 3. The second-order valence-corrected chi connectivity index (χ2v) is 21.9. The Labute approximate surface area is 315 Å². The van der Waals surface area contributed by atoms with E-state index in [0.29, 0.717) is 21.9 Å². The average Bonchev–Trinajstić information content (AvgIpc) is 3.51. The third-order valence-corrected chi connectivity index (χ3v) is 17.9. The molecule has 0 radical (unpaired) electrons. The molecule has 2 atom stereocenters. The molecule has 8 nitrogen and oxygen atoms in total. The number of nitrogens with one attached hydrogen (secondary N) is 1. The molecule has 12 heteroatoms. The van der Waals surface area contributed by atoms with Gasteiger partial charge in [0, 0.05) is 23.3 Å². The van der Waals surface area contributed by atoms with Crippen molar-refractivity contribution in [2.75, 3.05) is 5.32 Å². The van der Waals surface area contributed by atoms with E-state index in [1.807, 2.05) is 19.1 Å². The maximum absolute atomic E-state index is 15.8. The summed E-state index contributed by atoms with van der Waals surface area (Å²) in [6.45, 7) is 8.68. The third kappa shape index (κ3) is 6.27. The zero-order valence-corrected chi connectivity index (χ0v) is 32.6. The van der Waals surface area contributed by atoms with Crippen molar-refractivity contribution in [2.24, 2.45) is 11.8 Å². The molecule has 3 saturated carbocycles. The fraction of sp³-hybridized carbons (Fsp3) is 0.293. The van der Waals surface area contributed by atoms with Gasteiger partial charge in [-0.3, -0.25) is 0 Å². The van der Waals surface area contributed by atoms with Crippen LogP contribution in [0, 0.1) is 24.6 Å². The van der Waals surface area contributed by atoms with Crippen LogP contribution in [-0.4, -0.2) is 47.8 Å². The molecule has 3 aromatic carbocycles. The van der Waals surface area contributed by atoms with Crippen molar-refractivity contribution in [1.29, 1.82) is 0 Å². The molecule has 3 aromatic heterocycles. The van der Waals surface area contributed by atoms with Crippen molar-refractivity contribution in [1.82, 2.24) is 18.9 Å². The predicted octanol–water partition coefficient (Wildman–Crippen LogP) is 7.99. The predicted molar refractivity (Wildman–Crippen MR) is 210 cm³/mol. The number of anilines is 1. The lowest BCUT2D eigenvalue weighted by molar-refractivity contribution is -0.00576. The highest BCUT2D eigenvalue weighted by Crippen LogP contribution is 2.50. The second-order valence-electron chi connectivity index (χ2n) is 15.4. The highest BCUT2D eigenvalue weighted by atomic mass is 35.5. The lowest BCUT2D eigenvalue weighted by atomic mass is 9.61. The van der Waals surface area contributed by atoms with Crippen molar-refractivity contribution >= 4 is 57.2 Å². The van der Waals surface area contributed by atoms with Crippen LogP contribution in [0.3, 0.4) is 0 Å². The lowest BCUT2D eigenvalue weighted by Gasteiger charge is -2.55. The summed E-state index contributed by atoms with van der Waals surface area (Å²) in [4.78, 5) is 13.6. The third-order valence-electron chi connectivity index (χ3n) is 10.9. The first kappa shape index (κ1) is 35.6. The molecule has 6 aromatic rings. The van der Waals surface area contributed by atoms with Crippen molar-refractivity contribution < 1.29 is 17.2 Å². The van der Waals surface area contributed by atoms with Crippen molar-refractivity contribution in [3.05, 3.63) is 126 Å². The molecule has 1 N–H and O–H groups in total. The first-order valence-electron chi connectivity index (χ1n) is 17.9. The van der Waals surface area contributed by atoms with Crippen LogP contribution < -0.4 is 15.7 Å². The Morgan fingerprint density at radius 2 is 1.55 bits per heavy atom. The minimum atomic E-state index is -4.05. The van der Waals surface area contributed by atoms with Gasteiger partial charge in [0.15, 0.2) is 23.1 Å². The summed E-state index contributed by atoms with van der Waals surface area (Å²) in [6, 6.07) is 29.1. The van der Waals surface area contributed by atoms with E-state index < -0.39 is 24.2 Å². The molecule has 3 aliphatic carbocycles. The van der Waals surface area contributed by atoms with Gasteiger partial charge >= 0.3 is 0 Å². The van der Waals surface area contributed by atoms with Crippen LogP contribution in [0.15, 0.2) is 114 Å². The van der Waals surface area contributed by atoms with Crippen LogP contribution in [0.4, 0.5) is 10.2 Å². The molecule has 0 spiro atoms. The normalized spacial score (nSPS) is 20.3. The van der Waals surface area contributed by atoms with Crippen molar-refractivity contribution in [3.8, 4) is 11.4 Å². The number of hydrogen-bond acceptors (Lipinski definition) is 7. The standard InChI is InChI=1S/C41H41ClFN5O3SSi/c1-26-15-17-30(18-16-26)52(49,50)48-25-34(33-22-29(42)23-45-40(33)48)38-44-24-35(43)39(47-38)46-37-28-19-27(20-28)21-36(37)51-53(41(2,3)4,31-11-7-5-8-12-31)32-13-9-6-10-14-32/h5-18,22-25,27-28,36-37H,19-21H2,1-4H3,(H,44,46,47)/t27?,28?,36-,37?/m0/s1. The van der Waals surface area contributed by atoms with E-state index >= 15 is 4.39 Å². The van der Waals surface area contributed by atoms with Crippen LogP contribution in [0.5, 0.6) is 0 Å². The molecule has 3 fully saturated rings. The van der Waals surface area contributed by atoms with Crippen LogP contribution >= 0.6 is 11.6 Å². The van der Waals surface area contributed by atoms with Crippen LogP contribution in [0.2, 0.25) is 10.1 Å². The van der Waals surface area contributed by atoms with E-state index in [-0.39, 0.29) is 45.3 Å². The molecule has 3 aliphatic rings. The van der Waals surface area contributed by atoms with E-state index in [1.165, 1.54) is 22.8 Å². The molecular weight excluding hydrogens is 725 g/mol. The van der Waals surface area contributed by atoms with Crippen LogP contribution in [0.1, 0.15) is 45.6 Å². The fourth-order valence-corrected chi connectivity index (χ4v) is 14.5. The maximum Gasteiger partial charge on any atom is 0.269 e. The summed E-state index contributed by atoms with van der Waals surface area (Å²) in [7, 11) is -6.96. The van der Waals surface area contributed by atoms with E-state index in [2.05, 4.69) is 84.6 Å². The Morgan fingerprint density at radius 1 is 0.906 bits per heavy atom. The smallest absolute Gasteiger partial charge is 0.269 e. The summed E-state index contributed by atoms with van der Waals surface area (Å²) in [5, 5.41) is 6.41. The zero-order chi connectivity index (χ0) is 37.1. The maximum atomic E-state index is 15.8. The minimum Gasteiger partial charge on any atom is -0.402 e. The van der Waals surface area contributed by atoms with Gasteiger partial charge in [-0.05, 0) is 71.6 Å². The highest BCUT2D eigenvalue weighted by Gasteiger charge is 2.55. The second kappa shape index (κ2) is 13.5. The van der Waals surface area contributed by atoms with Gasteiger partial charge in [0.25, 0.3) is 18.3 Å². The molecule has 1 unspecified atom stereocenters. The Balaban J connectivity index is 1.19. The number of aromatic nitrogens is 4. The van der Waals surface area contributed by atoms with Gasteiger partial charge in [-0.1, -0.05) is 111 Å². The monoisotopic (exact) mass is 765 g/mol. The minimum absolute atomic E-state index is 0.0404. The van der Waals surface area contributed by atoms with Crippen LogP contribution in [-0.2, 0) is 14.4 Å². The molecule has 53 heavy (non-hydrogen) atoms. The molecule has 9 rings (SSSR count). The number of pyridine rings is 1. The van der Waals surface area contributed by atoms with Gasteiger partial charge < -0.3 is 9.74 Å². The number of rotatable bonds is 9. The summed E-state index contributed by atoms with van der Waals surface area (Å²) in [5.74, 6) is 0.406. The summed E-state index contributed by atoms with van der Waals surface area (Å²) < 4.78 is 52.4. The Kier molecular flexibility index (Phi) is 9.04. The fourth-order valence-electron chi connectivity index (χ4n) is 8.30. The van der Waals surface area contributed by atoms with Gasteiger partial charge in [0.1, 0.15) is 0 Å². The van der Waals surface area contributed by atoms with E-state index in [9.17, 15) is 8.42 Å². The number of halogens is 2. The molecule has 0 saturated heterocycles. The summed E-state index contributed by atoms with van der Waals surface area (Å²) in [5.41, 5.74) is 1.46. The molecule has 2 bridgehead atoms. The van der Waals surface area contributed by atoms with Gasteiger partial charge in [-0.25, -0.2) is 31.7 Å². The van der Waals surface area contributed by atoms with E-state index in [0.717, 1.165) is 35.0 Å². The van der Waals surface area contributed by atoms with Gasteiger partial charge in [0.2, 0.25) is 0 Å². The molecular formula is C41H41ClFN5O3SSi. The van der Waals surface area contributed by atoms with Gasteiger partial charge in [-0.2, -0.15) is 0 Å². The van der Waals surface area contributed by atoms with E-state index in [1.54, 1.807) is 30.3 Å². The average molecular weight is 766 g/mol. The number of fused-ring (bicyclic) bond motifs is 3. The van der Waals surface area contributed by atoms with Gasteiger partial charge in [0.05, 0.1) is 28.3 Å². The topological polar surface area (TPSA) is 99.0 Å². The number of nitrogens with zero attached hydrogens (tertiary/aromatic N) is 4. The summed E-state index contributed by atoms with van der Waals surface area (Å²) in [6.07, 6.45) is 6.68. The van der Waals surface area contributed by atoms with Crippen LogP contribution in [0.25, 0.3) is 22.4 Å². The van der Waals surface area contributed by atoms with Crippen molar-refractivity contribution in [2.45, 2.75) is 69.0 Å². The molecule has 0 aliphatic heterocycles. The summed E-state index contributed by atoms with van der Waals surface area (Å²) >= 11 is 6.39. The zero-order valence-electron chi connectivity index (χ0n) is 30.0.